The van der Waals surface area contributed by atoms with Crippen molar-refractivity contribution in [1.29, 1.82) is 0 Å². The van der Waals surface area contributed by atoms with Gasteiger partial charge in [-0.2, -0.15) is 4.31 Å². The maximum atomic E-state index is 13.5. The summed E-state index contributed by atoms with van der Waals surface area (Å²) in [4.78, 5) is 11.5. The lowest BCUT2D eigenvalue weighted by Gasteiger charge is -2.22. The smallest absolute Gasteiger partial charge is 0.323 e. The number of hydrogen-bond donors (Lipinski definition) is 2. The molecule has 0 aliphatic carbocycles. The normalized spacial score (nSPS) is 11.8. The van der Waals surface area contributed by atoms with Crippen molar-refractivity contribution in [3.05, 3.63) is 96.2 Å². The summed E-state index contributed by atoms with van der Waals surface area (Å²) in [5.74, 6) is -0.932. The second-order valence-electron chi connectivity index (χ2n) is 7.84. The molecule has 1 heterocycles. The standard InChI is InChI=1S/C25H25N3O4S/c26-21-10-12-22(13-11-21)33(31,32)28(16-19-6-2-1-3-7-19)15-14-20-17-27(18-25(29)30)24-9-5-4-8-23(20)24/h1-13,17H,14-16,18,26H2,(H,29,30). The van der Waals surface area contributed by atoms with E-state index < -0.39 is 16.0 Å². The number of hydrogen-bond acceptors (Lipinski definition) is 4. The summed E-state index contributed by atoms with van der Waals surface area (Å²) in [5, 5.41) is 10.2. The van der Waals surface area contributed by atoms with E-state index in [-0.39, 0.29) is 24.5 Å². The molecule has 0 fully saturated rings. The van der Waals surface area contributed by atoms with Crippen LogP contribution in [0.15, 0.2) is 90.0 Å². The van der Waals surface area contributed by atoms with Gasteiger partial charge in [0.05, 0.1) is 4.90 Å². The number of aliphatic carboxylic acids is 1. The highest BCUT2D eigenvalue weighted by atomic mass is 32.2. The predicted molar refractivity (Wildman–Crippen MR) is 128 cm³/mol. The Kier molecular flexibility index (Phi) is 6.48. The van der Waals surface area contributed by atoms with E-state index in [4.69, 9.17) is 5.73 Å². The number of carboxylic acid groups (broad SMARTS) is 1. The number of nitrogens with zero attached hydrogens (tertiary/aromatic N) is 2. The van der Waals surface area contributed by atoms with Crippen LogP contribution in [0.1, 0.15) is 11.1 Å². The lowest BCUT2D eigenvalue weighted by molar-refractivity contribution is -0.137. The fourth-order valence-corrected chi connectivity index (χ4v) is 5.33. The predicted octanol–water partition coefficient (Wildman–Crippen LogP) is 3.74. The molecule has 33 heavy (non-hydrogen) atoms. The minimum absolute atomic E-state index is 0.155. The lowest BCUT2D eigenvalue weighted by atomic mass is 10.1. The molecule has 4 aromatic rings. The van der Waals surface area contributed by atoms with Crippen molar-refractivity contribution in [2.24, 2.45) is 0 Å². The van der Waals surface area contributed by atoms with E-state index in [1.807, 2.05) is 54.6 Å². The van der Waals surface area contributed by atoms with Gasteiger partial charge in [0.25, 0.3) is 0 Å². The van der Waals surface area contributed by atoms with Crippen molar-refractivity contribution in [1.82, 2.24) is 8.87 Å². The first-order valence-corrected chi connectivity index (χ1v) is 12.0. The van der Waals surface area contributed by atoms with Gasteiger partial charge in [0, 0.05) is 35.9 Å². The molecule has 3 N–H and O–H groups in total. The number of nitrogens with two attached hydrogens (primary N) is 1. The maximum Gasteiger partial charge on any atom is 0.323 e. The summed E-state index contributed by atoms with van der Waals surface area (Å²) in [6.07, 6.45) is 2.24. The Morgan fingerprint density at radius 1 is 0.939 bits per heavy atom. The molecule has 170 valence electrons. The second-order valence-corrected chi connectivity index (χ2v) is 9.77. The molecule has 0 unspecified atom stereocenters. The van der Waals surface area contributed by atoms with E-state index in [1.165, 1.54) is 16.4 Å². The van der Waals surface area contributed by atoms with Gasteiger partial charge < -0.3 is 15.4 Å². The Labute approximate surface area is 192 Å². The molecule has 0 bridgehead atoms. The molecule has 0 spiro atoms. The molecular weight excluding hydrogens is 438 g/mol. The molecule has 0 aliphatic heterocycles. The molecule has 0 amide bonds. The Morgan fingerprint density at radius 3 is 2.30 bits per heavy atom. The quantitative estimate of drug-likeness (QED) is 0.368. The van der Waals surface area contributed by atoms with Crippen molar-refractivity contribution in [2.45, 2.75) is 24.4 Å². The van der Waals surface area contributed by atoms with Gasteiger partial charge in [-0.15, -0.1) is 0 Å². The van der Waals surface area contributed by atoms with Gasteiger partial charge in [-0.3, -0.25) is 4.79 Å². The number of rotatable bonds is 9. The highest BCUT2D eigenvalue weighted by Crippen LogP contribution is 2.24. The van der Waals surface area contributed by atoms with Crippen LogP contribution in [-0.2, 0) is 34.3 Å². The van der Waals surface area contributed by atoms with Crippen LogP contribution in [0.25, 0.3) is 10.9 Å². The first kappa shape index (κ1) is 22.6. The van der Waals surface area contributed by atoms with Crippen LogP contribution in [0.3, 0.4) is 0 Å². The van der Waals surface area contributed by atoms with Crippen LogP contribution < -0.4 is 5.73 Å². The Balaban J connectivity index is 1.66. The van der Waals surface area contributed by atoms with Crippen LogP contribution in [0.2, 0.25) is 0 Å². The van der Waals surface area contributed by atoms with Gasteiger partial charge in [-0.05, 0) is 47.9 Å². The highest BCUT2D eigenvalue weighted by Gasteiger charge is 2.25. The zero-order valence-electron chi connectivity index (χ0n) is 18.0. The summed E-state index contributed by atoms with van der Waals surface area (Å²) in [6.45, 7) is 0.308. The third kappa shape index (κ3) is 5.08. The van der Waals surface area contributed by atoms with Gasteiger partial charge in [-0.1, -0.05) is 48.5 Å². The van der Waals surface area contributed by atoms with Crippen LogP contribution in [0, 0.1) is 0 Å². The Bertz CT molecular complexity index is 1360. The van der Waals surface area contributed by atoms with Gasteiger partial charge in [-0.25, -0.2) is 8.42 Å². The number of anilines is 1. The van der Waals surface area contributed by atoms with Crippen molar-refractivity contribution >= 4 is 32.6 Å². The highest BCUT2D eigenvalue weighted by molar-refractivity contribution is 7.89. The molecule has 0 saturated carbocycles. The van der Waals surface area contributed by atoms with Gasteiger partial charge in [0.1, 0.15) is 6.54 Å². The van der Waals surface area contributed by atoms with Gasteiger partial charge in [0.2, 0.25) is 10.0 Å². The molecule has 3 aromatic carbocycles. The molecule has 0 radical (unpaired) electrons. The molecule has 0 saturated heterocycles. The number of aromatic nitrogens is 1. The van der Waals surface area contributed by atoms with E-state index in [1.54, 1.807) is 22.9 Å². The van der Waals surface area contributed by atoms with Crippen LogP contribution in [-0.4, -0.2) is 34.9 Å². The van der Waals surface area contributed by atoms with Crippen molar-refractivity contribution in [2.75, 3.05) is 12.3 Å². The fraction of sp³-hybridized carbons (Fsp3) is 0.160. The topological polar surface area (TPSA) is 106 Å². The first-order chi connectivity index (χ1) is 15.8. The van der Waals surface area contributed by atoms with Gasteiger partial charge >= 0.3 is 5.97 Å². The fourth-order valence-electron chi connectivity index (χ4n) is 3.90. The molecular formula is C25H25N3O4S. The third-order valence-electron chi connectivity index (χ3n) is 5.53. The average Bonchev–Trinajstić information content (AvgIpc) is 3.14. The number of sulfonamides is 1. The third-order valence-corrected chi connectivity index (χ3v) is 7.39. The summed E-state index contributed by atoms with van der Waals surface area (Å²) in [7, 11) is -3.77. The number of para-hydroxylation sites is 1. The summed E-state index contributed by atoms with van der Waals surface area (Å²) < 4.78 is 30.1. The minimum Gasteiger partial charge on any atom is -0.480 e. The molecule has 8 heteroatoms. The maximum absolute atomic E-state index is 13.5. The number of carboxylic acids is 1. The molecule has 1 aromatic heterocycles. The van der Waals surface area contributed by atoms with E-state index in [0.717, 1.165) is 22.0 Å². The average molecular weight is 464 g/mol. The van der Waals surface area contributed by atoms with E-state index in [0.29, 0.717) is 12.1 Å². The molecule has 0 atom stereocenters. The van der Waals surface area contributed by atoms with Crippen LogP contribution >= 0.6 is 0 Å². The second kappa shape index (κ2) is 9.48. The summed E-state index contributed by atoms with van der Waals surface area (Å²) in [5.41, 5.74) is 8.83. The summed E-state index contributed by atoms with van der Waals surface area (Å²) >= 11 is 0. The largest absolute Gasteiger partial charge is 0.480 e. The van der Waals surface area contributed by atoms with Gasteiger partial charge in [0.15, 0.2) is 0 Å². The Morgan fingerprint density at radius 2 is 1.61 bits per heavy atom. The number of benzene rings is 3. The molecule has 0 aliphatic rings. The van der Waals surface area contributed by atoms with Crippen LogP contribution in [0.5, 0.6) is 0 Å². The first-order valence-electron chi connectivity index (χ1n) is 10.5. The van der Waals surface area contributed by atoms with Crippen molar-refractivity contribution < 1.29 is 18.3 Å². The van der Waals surface area contributed by atoms with E-state index in [9.17, 15) is 18.3 Å². The van der Waals surface area contributed by atoms with Crippen molar-refractivity contribution in [3.8, 4) is 0 Å². The van der Waals surface area contributed by atoms with Crippen LogP contribution in [0.4, 0.5) is 5.69 Å². The SMILES string of the molecule is Nc1ccc(S(=O)(=O)N(CCc2cn(CC(=O)O)c3ccccc23)Cc2ccccc2)cc1. The zero-order chi connectivity index (χ0) is 23.4. The van der Waals surface area contributed by atoms with Crippen molar-refractivity contribution in [3.63, 3.8) is 0 Å². The monoisotopic (exact) mass is 463 g/mol. The zero-order valence-corrected chi connectivity index (χ0v) is 18.8. The number of nitrogen functional groups attached to an aromatic ring is 1. The number of carbonyl (C=O) groups is 1. The summed E-state index contributed by atoms with van der Waals surface area (Å²) in [6, 6.07) is 23.2. The molecule has 7 nitrogen and oxygen atoms in total. The Hall–Kier alpha value is -3.62. The lowest BCUT2D eigenvalue weighted by Crippen LogP contribution is -2.32. The minimum atomic E-state index is -3.77. The number of fused-ring (bicyclic) bond motifs is 1. The van der Waals surface area contributed by atoms with E-state index in [2.05, 4.69) is 0 Å². The molecule has 4 rings (SSSR count). The van der Waals surface area contributed by atoms with E-state index >= 15 is 0 Å².